The number of hydrogen-bond acceptors (Lipinski definition) is 3. The van der Waals surface area contributed by atoms with E-state index in [0.717, 1.165) is 18.6 Å². The Bertz CT molecular complexity index is 576. The molecule has 0 aromatic heterocycles. The van der Waals surface area contributed by atoms with Crippen LogP contribution in [0.5, 0.6) is 0 Å². The molecule has 21 heavy (non-hydrogen) atoms. The van der Waals surface area contributed by atoms with Gasteiger partial charge in [0, 0.05) is 6.54 Å². The van der Waals surface area contributed by atoms with Gasteiger partial charge in [0.2, 0.25) is 10.0 Å². The molecule has 0 bridgehead atoms. The van der Waals surface area contributed by atoms with E-state index in [0.29, 0.717) is 12.6 Å². The summed E-state index contributed by atoms with van der Waals surface area (Å²) in [5.41, 5.74) is -1.000. The minimum absolute atomic E-state index is 0.0693. The maximum atomic E-state index is 12.5. The Hall–Kier alpha value is -0.990. The minimum Gasteiger partial charge on any atom is -0.316 e. The van der Waals surface area contributed by atoms with Gasteiger partial charge in [-0.3, -0.25) is 4.72 Å². The van der Waals surface area contributed by atoms with Gasteiger partial charge in [-0.15, -0.1) is 0 Å². The topological polar surface area (TPSA) is 58.2 Å². The normalized spacial score (nSPS) is 12.4. The van der Waals surface area contributed by atoms with Gasteiger partial charge in [-0.2, -0.15) is 13.2 Å². The smallest absolute Gasteiger partial charge is 0.316 e. The molecule has 1 aromatic carbocycles. The zero-order valence-corrected chi connectivity index (χ0v) is 12.9. The largest absolute Gasteiger partial charge is 0.416 e. The van der Waals surface area contributed by atoms with Gasteiger partial charge in [-0.1, -0.05) is 18.5 Å². The molecule has 0 fully saturated rings. The van der Waals surface area contributed by atoms with Crippen LogP contribution < -0.4 is 10.0 Å². The van der Waals surface area contributed by atoms with Crippen LogP contribution in [0.2, 0.25) is 5.02 Å². The first kappa shape index (κ1) is 18.1. The Labute approximate surface area is 126 Å². The van der Waals surface area contributed by atoms with E-state index in [-0.39, 0.29) is 23.0 Å². The molecule has 4 nitrogen and oxygen atoms in total. The highest BCUT2D eigenvalue weighted by Gasteiger charge is 2.31. The molecule has 0 spiro atoms. The van der Waals surface area contributed by atoms with Crippen molar-refractivity contribution >= 4 is 27.3 Å². The molecule has 0 saturated heterocycles. The number of hydrogen-bond donors (Lipinski definition) is 2. The van der Waals surface area contributed by atoms with Gasteiger partial charge in [-0.05, 0) is 31.2 Å². The predicted octanol–water partition coefficient (Wildman–Crippen LogP) is 3.10. The van der Waals surface area contributed by atoms with Crippen LogP contribution >= 0.6 is 11.6 Å². The van der Waals surface area contributed by atoms with E-state index in [1.165, 1.54) is 0 Å². The maximum absolute atomic E-state index is 12.5. The van der Waals surface area contributed by atoms with Crippen molar-refractivity contribution in [2.24, 2.45) is 0 Å². The molecule has 0 heterocycles. The zero-order valence-electron chi connectivity index (χ0n) is 11.3. The van der Waals surface area contributed by atoms with Crippen molar-refractivity contribution in [1.82, 2.24) is 5.32 Å². The number of nitrogens with one attached hydrogen (secondary N) is 2. The number of rotatable bonds is 7. The lowest BCUT2D eigenvalue weighted by Gasteiger charge is -2.12. The van der Waals surface area contributed by atoms with Gasteiger partial charge in [-0.25, -0.2) is 8.42 Å². The van der Waals surface area contributed by atoms with Crippen LogP contribution in [0.3, 0.4) is 0 Å². The fraction of sp³-hybridized carbons (Fsp3) is 0.500. The Morgan fingerprint density at radius 3 is 2.43 bits per heavy atom. The third kappa shape index (κ3) is 6.11. The first-order valence-electron chi connectivity index (χ1n) is 6.23. The summed E-state index contributed by atoms with van der Waals surface area (Å²) < 4.78 is 63.1. The molecular formula is C12H16ClF3N2O2S. The average molecular weight is 345 g/mol. The van der Waals surface area contributed by atoms with Crippen LogP contribution in [0.4, 0.5) is 18.9 Å². The lowest BCUT2D eigenvalue weighted by Crippen LogP contribution is -2.27. The summed E-state index contributed by atoms with van der Waals surface area (Å²) in [7, 11) is -3.66. The predicted molar refractivity (Wildman–Crippen MR) is 77.0 cm³/mol. The number of sulfonamides is 1. The highest BCUT2D eigenvalue weighted by Crippen LogP contribution is 2.33. The van der Waals surface area contributed by atoms with E-state index in [1.807, 2.05) is 6.92 Å². The molecule has 2 N–H and O–H groups in total. The second kappa shape index (κ2) is 7.33. The first-order valence-corrected chi connectivity index (χ1v) is 8.26. The molecule has 0 aliphatic heterocycles. The number of halogens is 4. The van der Waals surface area contributed by atoms with Crippen molar-refractivity contribution in [1.29, 1.82) is 0 Å². The van der Waals surface area contributed by atoms with Crippen LogP contribution in [0.25, 0.3) is 0 Å². The molecular weight excluding hydrogens is 329 g/mol. The Morgan fingerprint density at radius 2 is 1.90 bits per heavy atom. The van der Waals surface area contributed by atoms with Crippen LogP contribution in [0.15, 0.2) is 18.2 Å². The molecule has 120 valence electrons. The van der Waals surface area contributed by atoms with E-state index >= 15 is 0 Å². The summed E-state index contributed by atoms with van der Waals surface area (Å²) in [4.78, 5) is 0. The Morgan fingerprint density at radius 1 is 1.24 bits per heavy atom. The van der Waals surface area contributed by atoms with Gasteiger partial charge in [0.05, 0.1) is 22.0 Å². The molecule has 0 saturated carbocycles. The van der Waals surface area contributed by atoms with Crippen molar-refractivity contribution in [2.45, 2.75) is 19.5 Å². The third-order valence-electron chi connectivity index (χ3n) is 2.54. The minimum atomic E-state index is -4.52. The summed E-state index contributed by atoms with van der Waals surface area (Å²) in [5.74, 6) is -0.190. The van der Waals surface area contributed by atoms with E-state index in [1.54, 1.807) is 0 Å². The molecule has 0 amide bonds. The standard InChI is InChI=1S/C12H16ClF3N2O2S/c1-2-5-17-6-7-21(19,20)18-11-4-3-9(8-10(11)13)12(14,15)16/h3-4,8,17-18H,2,5-7H2,1H3. The maximum Gasteiger partial charge on any atom is 0.416 e. The summed E-state index contributed by atoms with van der Waals surface area (Å²) in [6.45, 7) is 2.89. The second-order valence-corrected chi connectivity index (χ2v) is 6.61. The monoisotopic (exact) mass is 344 g/mol. The zero-order chi connectivity index (χ0) is 16.1. The molecule has 0 atom stereocenters. The molecule has 0 aliphatic rings. The Kier molecular flexibility index (Phi) is 6.30. The highest BCUT2D eigenvalue weighted by molar-refractivity contribution is 7.92. The summed E-state index contributed by atoms with van der Waals surface area (Å²) >= 11 is 5.68. The summed E-state index contributed by atoms with van der Waals surface area (Å²) in [6.07, 6.45) is -3.65. The average Bonchev–Trinajstić information content (AvgIpc) is 2.36. The van der Waals surface area contributed by atoms with E-state index in [4.69, 9.17) is 11.6 Å². The van der Waals surface area contributed by atoms with Crippen LogP contribution in [-0.2, 0) is 16.2 Å². The quantitative estimate of drug-likeness (QED) is 0.747. The summed E-state index contributed by atoms with van der Waals surface area (Å²) in [5, 5.41) is 2.62. The number of benzene rings is 1. The van der Waals surface area contributed by atoms with Gasteiger partial charge in [0.1, 0.15) is 0 Å². The molecule has 9 heteroatoms. The summed E-state index contributed by atoms with van der Waals surface area (Å²) in [6, 6.07) is 2.47. The van der Waals surface area contributed by atoms with E-state index < -0.39 is 21.8 Å². The fourth-order valence-electron chi connectivity index (χ4n) is 1.50. The van der Waals surface area contributed by atoms with Gasteiger partial charge < -0.3 is 5.32 Å². The van der Waals surface area contributed by atoms with Crippen molar-refractivity contribution in [3.8, 4) is 0 Å². The lowest BCUT2D eigenvalue weighted by molar-refractivity contribution is -0.137. The highest BCUT2D eigenvalue weighted by atomic mass is 35.5. The van der Waals surface area contributed by atoms with Gasteiger partial charge in [0.25, 0.3) is 0 Å². The fourth-order valence-corrected chi connectivity index (χ4v) is 2.81. The van der Waals surface area contributed by atoms with E-state index in [9.17, 15) is 21.6 Å². The van der Waals surface area contributed by atoms with Gasteiger partial charge in [0.15, 0.2) is 0 Å². The van der Waals surface area contributed by atoms with Crippen LogP contribution in [-0.4, -0.2) is 27.3 Å². The van der Waals surface area contributed by atoms with Gasteiger partial charge >= 0.3 is 6.18 Å². The molecule has 1 rings (SSSR count). The van der Waals surface area contributed by atoms with Crippen LogP contribution in [0.1, 0.15) is 18.9 Å². The van der Waals surface area contributed by atoms with Crippen LogP contribution in [0, 0.1) is 0 Å². The lowest BCUT2D eigenvalue weighted by atomic mass is 10.2. The molecule has 0 radical (unpaired) electrons. The SMILES string of the molecule is CCCNCCS(=O)(=O)Nc1ccc(C(F)(F)F)cc1Cl. The molecule has 1 aromatic rings. The molecule has 0 unspecified atom stereocenters. The van der Waals surface area contributed by atoms with Crippen molar-refractivity contribution in [2.75, 3.05) is 23.6 Å². The molecule has 0 aliphatic carbocycles. The number of alkyl halides is 3. The number of anilines is 1. The van der Waals surface area contributed by atoms with E-state index in [2.05, 4.69) is 10.0 Å². The first-order chi connectivity index (χ1) is 9.65. The van der Waals surface area contributed by atoms with Crippen molar-refractivity contribution in [3.63, 3.8) is 0 Å². The van der Waals surface area contributed by atoms with Crippen molar-refractivity contribution < 1.29 is 21.6 Å². The Balaban J connectivity index is 2.74. The third-order valence-corrected chi connectivity index (χ3v) is 4.12. The second-order valence-electron chi connectivity index (χ2n) is 4.36. The van der Waals surface area contributed by atoms with Crippen molar-refractivity contribution in [3.05, 3.63) is 28.8 Å².